The van der Waals surface area contributed by atoms with Crippen LogP contribution in [0.3, 0.4) is 0 Å². The van der Waals surface area contributed by atoms with Gasteiger partial charge in [0.05, 0.1) is 34.6 Å². The molecular formula is C37H30N4O3S. The van der Waals surface area contributed by atoms with E-state index in [-0.39, 0.29) is 11.5 Å². The molecule has 0 saturated carbocycles. The van der Waals surface area contributed by atoms with Crippen LogP contribution in [0.4, 0.5) is 5.69 Å². The SMILES string of the molecule is COc1cccc([C@H]2C(C(=O)Nc3ccccc3)=C(C)N=c3s/c(=C\c4c(-c5ccccc5)[nH]c5c(C)cccc45)c(=O)n32)c1. The average Bonchev–Trinajstić information content (AvgIpc) is 3.59. The quantitative estimate of drug-likeness (QED) is 0.231. The molecule has 0 spiro atoms. The highest BCUT2D eigenvalue weighted by molar-refractivity contribution is 7.07. The number of hydrogen-bond acceptors (Lipinski definition) is 5. The van der Waals surface area contributed by atoms with Crippen molar-refractivity contribution in [1.29, 1.82) is 0 Å². The summed E-state index contributed by atoms with van der Waals surface area (Å²) in [4.78, 5) is 37.3. The Labute approximate surface area is 263 Å². The highest BCUT2D eigenvalue weighted by Gasteiger charge is 2.33. The van der Waals surface area contributed by atoms with Crippen molar-refractivity contribution in [3.63, 3.8) is 0 Å². The zero-order valence-corrected chi connectivity index (χ0v) is 25.8. The van der Waals surface area contributed by atoms with Crippen LogP contribution in [-0.2, 0) is 4.79 Å². The van der Waals surface area contributed by atoms with Gasteiger partial charge in [0, 0.05) is 22.2 Å². The van der Waals surface area contributed by atoms with Gasteiger partial charge in [0.2, 0.25) is 0 Å². The van der Waals surface area contributed by atoms with Crippen molar-refractivity contribution in [2.75, 3.05) is 12.4 Å². The lowest BCUT2D eigenvalue weighted by molar-refractivity contribution is -0.113. The number of methoxy groups -OCH3 is 1. The van der Waals surface area contributed by atoms with Crippen molar-refractivity contribution < 1.29 is 9.53 Å². The van der Waals surface area contributed by atoms with Gasteiger partial charge in [-0.15, -0.1) is 0 Å². The third kappa shape index (κ3) is 5.09. The highest BCUT2D eigenvalue weighted by atomic mass is 32.1. The van der Waals surface area contributed by atoms with Crippen LogP contribution in [-0.4, -0.2) is 22.6 Å². The number of benzene rings is 4. The maximum absolute atomic E-state index is 14.4. The summed E-state index contributed by atoms with van der Waals surface area (Å²) in [7, 11) is 1.60. The largest absolute Gasteiger partial charge is 0.497 e. The lowest BCUT2D eigenvalue weighted by atomic mass is 9.95. The Morgan fingerprint density at radius 1 is 0.956 bits per heavy atom. The highest BCUT2D eigenvalue weighted by Crippen LogP contribution is 2.34. The summed E-state index contributed by atoms with van der Waals surface area (Å²) < 4.78 is 7.69. The van der Waals surface area contributed by atoms with E-state index < -0.39 is 6.04 Å². The number of thiazole rings is 1. The first-order valence-electron chi connectivity index (χ1n) is 14.6. The Hall–Kier alpha value is -5.47. The Morgan fingerprint density at radius 2 is 1.69 bits per heavy atom. The second kappa shape index (κ2) is 11.6. The second-order valence-corrected chi connectivity index (χ2v) is 12.0. The maximum Gasteiger partial charge on any atom is 0.271 e. The summed E-state index contributed by atoms with van der Waals surface area (Å²) >= 11 is 1.32. The van der Waals surface area contributed by atoms with Crippen molar-refractivity contribution in [1.82, 2.24) is 9.55 Å². The molecule has 0 saturated heterocycles. The van der Waals surface area contributed by atoms with Crippen LogP contribution in [0, 0.1) is 6.92 Å². The third-order valence-corrected chi connectivity index (χ3v) is 9.11. The lowest BCUT2D eigenvalue weighted by Crippen LogP contribution is -2.40. The number of H-pyrrole nitrogens is 1. The summed E-state index contributed by atoms with van der Waals surface area (Å²) in [5, 5.41) is 4.03. The first-order valence-corrected chi connectivity index (χ1v) is 15.4. The monoisotopic (exact) mass is 610 g/mol. The van der Waals surface area contributed by atoms with Crippen LogP contribution in [0.25, 0.3) is 28.2 Å². The predicted molar refractivity (Wildman–Crippen MR) is 180 cm³/mol. The van der Waals surface area contributed by atoms with Crippen molar-refractivity contribution in [2.24, 2.45) is 4.99 Å². The van der Waals surface area contributed by atoms with E-state index >= 15 is 0 Å². The van der Waals surface area contributed by atoms with Gasteiger partial charge in [-0.1, -0.05) is 90.2 Å². The molecule has 3 heterocycles. The van der Waals surface area contributed by atoms with E-state index in [1.807, 2.05) is 91.9 Å². The molecule has 4 aromatic carbocycles. The molecular weight excluding hydrogens is 580 g/mol. The van der Waals surface area contributed by atoms with Gasteiger partial charge in [-0.25, -0.2) is 4.99 Å². The van der Waals surface area contributed by atoms with E-state index in [4.69, 9.17) is 9.73 Å². The van der Waals surface area contributed by atoms with Crippen molar-refractivity contribution >= 4 is 39.9 Å². The number of amides is 1. The molecule has 1 atom stereocenters. The number of allylic oxidation sites excluding steroid dienone is 1. The molecule has 1 amide bonds. The number of nitrogens with zero attached hydrogens (tertiary/aromatic N) is 2. The Morgan fingerprint density at radius 3 is 2.44 bits per heavy atom. The van der Waals surface area contributed by atoms with Crippen LogP contribution in [0.2, 0.25) is 0 Å². The molecule has 2 N–H and O–H groups in total. The number of carbonyl (C=O) groups excluding carboxylic acids is 1. The van der Waals surface area contributed by atoms with Crippen molar-refractivity contribution in [2.45, 2.75) is 19.9 Å². The molecule has 222 valence electrons. The minimum atomic E-state index is -0.707. The van der Waals surface area contributed by atoms with Gasteiger partial charge in [-0.2, -0.15) is 0 Å². The number of fused-ring (bicyclic) bond motifs is 2. The molecule has 0 radical (unpaired) electrons. The van der Waals surface area contributed by atoms with Gasteiger partial charge < -0.3 is 15.0 Å². The zero-order chi connectivity index (χ0) is 31.1. The zero-order valence-electron chi connectivity index (χ0n) is 25.0. The van der Waals surface area contributed by atoms with Crippen LogP contribution in [0.5, 0.6) is 5.75 Å². The number of ether oxygens (including phenoxy) is 1. The minimum Gasteiger partial charge on any atom is -0.497 e. The number of nitrogens with one attached hydrogen (secondary N) is 2. The molecule has 0 unspecified atom stereocenters. The first kappa shape index (κ1) is 28.3. The fourth-order valence-corrected chi connectivity index (χ4v) is 6.99. The van der Waals surface area contributed by atoms with E-state index in [0.29, 0.717) is 32.0 Å². The topological polar surface area (TPSA) is 88.5 Å². The number of hydrogen-bond donors (Lipinski definition) is 2. The molecule has 6 aromatic rings. The molecule has 1 aliphatic heterocycles. The van der Waals surface area contributed by atoms with Crippen molar-refractivity contribution in [3.8, 4) is 17.0 Å². The normalized spacial score (nSPS) is 14.7. The van der Waals surface area contributed by atoms with Gasteiger partial charge >= 0.3 is 0 Å². The molecule has 0 aliphatic carbocycles. The van der Waals surface area contributed by atoms with Gasteiger partial charge in [0.25, 0.3) is 11.5 Å². The average molecular weight is 611 g/mol. The Bertz CT molecular complexity index is 2300. The number of aryl methyl sites for hydroxylation is 1. The van der Waals surface area contributed by atoms with Gasteiger partial charge in [0.1, 0.15) is 5.75 Å². The number of aromatic nitrogens is 2. The second-order valence-electron chi connectivity index (χ2n) is 11.0. The van der Waals surface area contributed by atoms with Gasteiger partial charge in [0.15, 0.2) is 4.80 Å². The van der Waals surface area contributed by atoms with Crippen LogP contribution >= 0.6 is 11.3 Å². The number of anilines is 1. The standard InChI is InChI=1S/C37H30N4O3S/c1-22-12-10-19-28-29(33(40-32(22)28)24-13-6-4-7-14-24)21-30-36(43)41-34(25-15-11-18-27(20-25)44-3)31(23(2)38-37(41)45-30)35(42)39-26-16-8-5-9-17-26/h4-21,34,40H,1-3H3,(H,39,42)/b30-21-/t34-/m0/s1. The maximum atomic E-state index is 14.4. The number of rotatable bonds is 6. The summed E-state index contributed by atoms with van der Waals surface area (Å²) in [6.07, 6.45) is 1.95. The molecule has 2 aromatic heterocycles. The number of para-hydroxylation sites is 2. The molecule has 7 nitrogen and oxygen atoms in total. The smallest absolute Gasteiger partial charge is 0.271 e. The van der Waals surface area contributed by atoms with Crippen LogP contribution in [0.15, 0.2) is 124 Å². The molecule has 0 bridgehead atoms. The van der Waals surface area contributed by atoms with E-state index in [9.17, 15) is 9.59 Å². The third-order valence-electron chi connectivity index (χ3n) is 8.13. The summed E-state index contributed by atoms with van der Waals surface area (Å²) in [6.45, 7) is 3.89. The summed E-state index contributed by atoms with van der Waals surface area (Å²) in [5.74, 6) is 0.316. The molecule has 45 heavy (non-hydrogen) atoms. The van der Waals surface area contributed by atoms with E-state index in [1.54, 1.807) is 11.7 Å². The molecule has 8 heteroatoms. The van der Waals surface area contributed by atoms with E-state index in [0.717, 1.165) is 38.9 Å². The Kier molecular flexibility index (Phi) is 7.27. The first-order chi connectivity index (χ1) is 21.9. The lowest BCUT2D eigenvalue weighted by Gasteiger charge is -2.25. The van der Waals surface area contributed by atoms with Gasteiger partial charge in [-0.05, 0) is 60.9 Å². The van der Waals surface area contributed by atoms with E-state index in [2.05, 4.69) is 41.5 Å². The van der Waals surface area contributed by atoms with Crippen LogP contribution < -0.4 is 24.9 Å². The Balaban J connectivity index is 1.45. The molecule has 0 fully saturated rings. The summed E-state index contributed by atoms with van der Waals surface area (Å²) in [6, 6.07) is 32.4. The number of carbonyl (C=O) groups is 1. The molecule has 7 rings (SSSR count). The van der Waals surface area contributed by atoms with Gasteiger partial charge in [-0.3, -0.25) is 14.2 Å². The van der Waals surface area contributed by atoms with E-state index in [1.165, 1.54) is 11.3 Å². The fourth-order valence-electron chi connectivity index (χ4n) is 5.96. The minimum absolute atomic E-state index is 0.218. The predicted octanol–water partition coefficient (Wildman–Crippen LogP) is 6.34. The van der Waals surface area contributed by atoms with Crippen LogP contribution in [0.1, 0.15) is 29.7 Å². The summed E-state index contributed by atoms with van der Waals surface area (Å²) in [5.41, 5.74) is 7.19. The fraction of sp³-hybridized carbons (Fsp3) is 0.108. The molecule has 1 aliphatic rings. The van der Waals surface area contributed by atoms with Crippen molar-refractivity contribution in [3.05, 3.63) is 151 Å². The number of aromatic amines is 1.